The molecule has 0 saturated heterocycles. The number of phenols is 1. The largest absolute Gasteiger partial charge is 0.507 e. The number of hydrogen-bond acceptors (Lipinski definition) is 3. The van der Waals surface area contributed by atoms with E-state index in [1.807, 2.05) is 13.0 Å². The molecular formula is C17H20O3. The van der Waals surface area contributed by atoms with Crippen molar-refractivity contribution in [2.45, 2.75) is 39.5 Å². The van der Waals surface area contributed by atoms with Crippen molar-refractivity contribution >= 4 is 11.6 Å². The Balaban J connectivity index is 2.22. The van der Waals surface area contributed by atoms with Gasteiger partial charge in [-0.2, -0.15) is 0 Å². The Labute approximate surface area is 119 Å². The van der Waals surface area contributed by atoms with Gasteiger partial charge in [0.15, 0.2) is 0 Å². The van der Waals surface area contributed by atoms with Crippen molar-refractivity contribution in [3.05, 3.63) is 28.8 Å². The average molecular weight is 272 g/mol. The first-order valence-corrected chi connectivity index (χ1v) is 7.34. The molecule has 0 aromatic heterocycles. The molecule has 1 saturated carbocycles. The Morgan fingerprint density at radius 2 is 1.90 bits per heavy atom. The highest BCUT2D eigenvalue weighted by Gasteiger charge is 2.49. The smallest absolute Gasteiger partial charge is 0.232 e. The molecule has 0 aliphatic heterocycles. The Hall–Kier alpha value is -1.64. The molecule has 3 nitrogen and oxygen atoms in total. The molecule has 106 valence electrons. The van der Waals surface area contributed by atoms with Crippen LogP contribution in [0.15, 0.2) is 12.1 Å². The number of rotatable bonds is 1. The quantitative estimate of drug-likeness (QED) is 0.798. The highest BCUT2D eigenvalue weighted by Crippen LogP contribution is 2.52. The summed E-state index contributed by atoms with van der Waals surface area (Å²) in [5.41, 5.74) is 2.10. The van der Waals surface area contributed by atoms with Crippen molar-refractivity contribution in [1.29, 1.82) is 0 Å². The van der Waals surface area contributed by atoms with Crippen LogP contribution < -0.4 is 0 Å². The first-order chi connectivity index (χ1) is 9.41. The zero-order valence-electron chi connectivity index (χ0n) is 12.1. The van der Waals surface area contributed by atoms with E-state index < -0.39 is 5.78 Å². The van der Waals surface area contributed by atoms with Gasteiger partial charge in [0, 0.05) is 5.92 Å². The summed E-state index contributed by atoms with van der Waals surface area (Å²) in [6.45, 7) is 6.25. The SMILES string of the molecule is Cc1cc(O)c2c(c1)[C@H]1[C@@H](C(C)C)CC[C@H]1C(=O)C2=O. The Bertz CT molecular complexity index is 600. The van der Waals surface area contributed by atoms with Crippen LogP contribution in [0.4, 0.5) is 0 Å². The number of phenolic OH excluding ortho intramolecular Hbond substituents is 1. The molecule has 1 aromatic rings. The van der Waals surface area contributed by atoms with Gasteiger partial charge in [0.2, 0.25) is 11.6 Å². The summed E-state index contributed by atoms with van der Waals surface area (Å²) in [7, 11) is 0. The molecule has 3 rings (SSSR count). The van der Waals surface area contributed by atoms with E-state index in [1.165, 1.54) is 0 Å². The lowest BCUT2D eigenvalue weighted by atomic mass is 9.70. The molecule has 0 unspecified atom stereocenters. The fourth-order valence-electron chi connectivity index (χ4n) is 4.12. The topological polar surface area (TPSA) is 54.4 Å². The van der Waals surface area contributed by atoms with Crippen LogP contribution in [0.3, 0.4) is 0 Å². The maximum absolute atomic E-state index is 12.3. The lowest BCUT2D eigenvalue weighted by molar-refractivity contribution is -0.119. The van der Waals surface area contributed by atoms with Crippen molar-refractivity contribution in [2.75, 3.05) is 0 Å². The summed E-state index contributed by atoms with van der Waals surface area (Å²) in [6.07, 6.45) is 1.78. The second-order valence-electron chi connectivity index (χ2n) is 6.56. The zero-order chi connectivity index (χ0) is 14.6. The molecule has 0 bridgehead atoms. The van der Waals surface area contributed by atoms with Crippen molar-refractivity contribution in [3.63, 3.8) is 0 Å². The second-order valence-corrected chi connectivity index (χ2v) is 6.56. The van der Waals surface area contributed by atoms with Crippen LogP contribution in [-0.2, 0) is 4.79 Å². The maximum atomic E-state index is 12.3. The molecule has 0 radical (unpaired) electrons. The van der Waals surface area contributed by atoms with Gasteiger partial charge in [0.1, 0.15) is 5.75 Å². The van der Waals surface area contributed by atoms with Gasteiger partial charge in [-0.3, -0.25) is 9.59 Å². The minimum atomic E-state index is -0.497. The van der Waals surface area contributed by atoms with E-state index in [0.717, 1.165) is 24.0 Å². The van der Waals surface area contributed by atoms with E-state index in [0.29, 0.717) is 11.8 Å². The molecule has 0 spiro atoms. The highest BCUT2D eigenvalue weighted by molar-refractivity contribution is 6.46. The fourth-order valence-corrected chi connectivity index (χ4v) is 4.12. The van der Waals surface area contributed by atoms with E-state index >= 15 is 0 Å². The summed E-state index contributed by atoms with van der Waals surface area (Å²) in [4.78, 5) is 24.6. The van der Waals surface area contributed by atoms with Gasteiger partial charge in [-0.05, 0) is 54.7 Å². The molecule has 0 heterocycles. The molecule has 1 fully saturated rings. The number of carbonyl (C=O) groups excluding carboxylic acids is 2. The van der Waals surface area contributed by atoms with E-state index in [4.69, 9.17) is 0 Å². The first-order valence-electron chi connectivity index (χ1n) is 7.34. The van der Waals surface area contributed by atoms with Crippen LogP contribution in [0.5, 0.6) is 5.75 Å². The van der Waals surface area contributed by atoms with Crippen LogP contribution in [0.25, 0.3) is 0 Å². The molecule has 1 N–H and O–H groups in total. The Kier molecular flexibility index (Phi) is 2.96. The van der Waals surface area contributed by atoms with Crippen molar-refractivity contribution in [1.82, 2.24) is 0 Å². The van der Waals surface area contributed by atoms with Gasteiger partial charge in [0.05, 0.1) is 5.56 Å². The van der Waals surface area contributed by atoms with Crippen LogP contribution in [0.1, 0.15) is 54.1 Å². The van der Waals surface area contributed by atoms with Crippen LogP contribution in [0, 0.1) is 24.7 Å². The normalized spacial score (nSPS) is 28.7. The summed E-state index contributed by atoms with van der Waals surface area (Å²) < 4.78 is 0. The number of hydrogen-bond donors (Lipinski definition) is 1. The third-order valence-electron chi connectivity index (χ3n) is 5.00. The van der Waals surface area contributed by atoms with Crippen LogP contribution in [-0.4, -0.2) is 16.7 Å². The summed E-state index contributed by atoms with van der Waals surface area (Å²) in [5.74, 6) is -0.0257. The van der Waals surface area contributed by atoms with Gasteiger partial charge < -0.3 is 5.11 Å². The second kappa shape index (κ2) is 4.44. The van der Waals surface area contributed by atoms with Gasteiger partial charge in [-0.15, -0.1) is 0 Å². The van der Waals surface area contributed by atoms with Crippen molar-refractivity contribution in [3.8, 4) is 5.75 Å². The fraction of sp³-hybridized carbons (Fsp3) is 0.529. The molecule has 3 atom stereocenters. The van der Waals surface area contributed by atoms with Gasteiger partial charge >= 0.3 is 0 Å². The number of benzene rings is 1. The average Bonchev–Trinajstić information content (AvgIpc) is 2.80. The molecule has 0 amide bonds. The standard InChI is InChI=1S/C17H20O3/c1-8(2)10-4-5-11-14(10)12-6-9(3)7-13(18)15(12)17(20)16(11)19/h6-8,10-11,14,18H,4-5H2,1-3H3/t10-,11-,14+/m1/s1. The zero-order valence-corrected chi connectivity index (χ0v) is 12.1. The Morgan fingerprint density at radius 1 is 1.20 bits per heavy atom. The summed E-state index contributed by atoms with van der Waals surface area (Å²) in [5, 5.41) is 10.1. The molecule has 2 aliphatic rings. The number of Topliss-reactive ketones (excluding diaryl/α,β-unsaturated/α-hetero) is 2. The Morgan fingerprint density at radius 3 is 2.55 bits per heavy atom. The molecule has 2 aliphatic carbocycles. The number of ketones is 2. The molecule has 20 heavy (non-hydrogen) atoms. The van der Waals surface area contributed by atoms with Gasteiger partial charge in [0.25, 0.3) is 0 Å². The lowest BCUT2D eigenvalue weighted by Gasteiger charge is -2.32. The van der Waals surface area contributed by atoms with E-state index in [1.54, 1.807) is 6.07 Å². The highest BCUT2D eigenvalue weighted by atomic mass is 16.3. The summed E-state index contributed by atoms with van der Waals surface area (Å²) >= 11 is 0. The minimum Gasteiger partial charge on any atom is -0.507 e. The number of aromatic hydroxyl groups is 1. The molecule has 1 aromatic carbocycles. The first kappa shape index (κ1) is 13.3. The van der Waals surface area contributed by atoms with Crippen LogP contribution >= 0.6 is 0 Å². The van der Waals surface area contributed by atoms with Crippen molar-refractivity contribution in [2.24, 2.45) is 17.8 Å². The summed E-state index contributed by atoms with van der Waals surface area (Å²) in [6, 6.07) is 3.56. The van der Waals surface area contributed by atoms with E-state index in [-0.39, 0.29) is 28.9 Å². The lowest BCUT2D eigenvalue weighted by Crippen LogP contribution is -2.35. The maximum Gasteiger partial charge on any atom is 0.232 e. The third-order valence-corrected chi connectivity index (χ3v) is 5.00. The minimum absolute atomic E-state index is 0.0359. The van der Waals surface area contributed by atoms with Gasteiger partial charge in [-0.25, -0.2) is 0 Å². The van der Waals surface area contributed by atoms with Crippen LogP contribution in [0.2, 0.25) is 0 Å². The monoisotopic (exact) mass is 272 g/mol. The van der Waals surface area contributed by atoms with Gasteiger partial charge in [-0.1, -0.05) is 19.9 Å². The third kappa shape index (κ3) is 1.72. The molecule has 3 heteroatoms. The number of carbonyl (C=O) groups is 2. The predicted molar refractivity (Wildman–Crippen MR) is 76.0 cm³/mol. The number of fused-ring (bicyclic) bond motifs is 3. The van der Waals surface area contributed by atoms with E-state index in [2.05, 4.69) is 13.8 Å². The van der Waals surface area contributed by atoms with Crippen molar-refractivity contribution < 1.29 is 14.7 Å². The predicted octanol–water partition coefficient (Wildman–Crippen LogP) is 3.23. The van der Waals surface area contributed by atoms with E-state index in [9.17, 15) is 14.7 Å². The molecular weight excluding hydrogens is 252 g/mol. The number of aryl methyl sites for hydroxylation is 1.